The molecule has 4 aromatic carbocycles. The number of amides is 2. The number of anilines is 2. The summed E-state index contributed by atoms with van der Waals surface area (Å²) in [6, 6.07) is 31.5. The fourth-order valence-electron chi connectivity index (χ4n) is 3.99. The quantitative estimate of drug-likeness (QED) is 0.162. The first-order valence-electron chi connectivity index (χ1n) is 12.5. The fourth-order valence-corrected chi connectivity index (χ4v) is 4.91. The summed E-state index contributed by atoms with van der Waals surface area (Å²) in [5.74, 6) is 1.08. The molecule has 2 amide bonds. The molecule has 0 saturated heterocycles. The average Bonchev–Trinajstić information content (AvgIpc) is 2.94. The highest BCUT2D eigenvalue weighted by Gasteiger charge is 2.18. The van der Waals surface area contributed by atoms with Gasteiger partial charge in [-0.3, -0.25) is 14.4 Å². The molecule has 4 aromatic rings. The molecule has 0 spiro atoms. The van der Waals surface area contributed by atoms with Crippen molar-refractivity contribution in [3.8, 4) is 0 Å². The van der Waals surface area contributed by atoms with E-state index in [4.69, 9.17) is 0 Å². The van der Waals surface area contributed by atoms with E-state index in [0.717, 1.165) is 23.5 Å². The predicted molar refractivity (Wildman–Crippen MR) is 156 cm³/mol. The Morgan fingerprint density at radius 2 is 1.37 bits per heavy atom. The minimum absolute atomic E-state index is 0.138. The van der Waals surface area contributed by atoms with Crippen molar-refractivity contribution in [3.63, 3.8) is 0 Å². The number of carbonyl (C=O) groups excluding carboxylic acids is 3. The maximum absolute atomic E-state index is 13.3. The number of aryl methyl sites for hydroxylation is 1. The lowest BCUT2D eigenvalue weighted by Crippen LogP contribution is -2.19. The van der Waals surface area contributed by atoms with Crippen LogP contribution >= 0.6 is 11.8 Å². The van der Waals surface area contributed by atoms with E-state index in [9.17, 15) is 14.4 Å². The first kappa shape index (κ1) is 26.9. The zero-order valence-corrected chi connectivity index (χ0v) is 22.1. The van der Waals surface area contributed by atoms with Gasteiger partial charge in [-0.15, -0.1) is 0 Å². The number of thioether (sulfide) groups is 1. The van der Waals surface area contributed by atoms with Crippen LogP contribution in [0.4, 0.5) is 11.4 Å². The van der Waals surface area contributed by atoms with Crippen LogP contribution in [-0.2, 0) is 10.5 Å². The van der Waals surface area contributed by atoms with Gasteiger partial charge in [0.2, 0.25) is 5.91 Å². The molecule has 0 aromatic heterocycles. The lowest BCUT2D eigenvalue weighted by Gasteiger charge is -2.14. The molecule has 192 valence electrons. The maximum Gasteiger partial charge on any atom is 0.257 e. The van der Waals surface area contributed by atoms with Crippen molar-refractivity contribution >= 4 is 40.7 Å². The molecule has 0 bridgehead atoms. The van der Waals surface area contributed by atoms with Crippen LogP contribution in [0, 0.1) is 6.92 Å². The first-order valence-corrected chi connectivity index (χ1v) is 13.7. The molecule has 0 aliphatic rings. The predicted octanol–water partition coefficient (Wildman–Crippen LogP) is 7.13. The highest BCUT2D eigenvalue weighted by atomic mass is 32.2. The summed E-state index contributed by atoms with van der Waals surface area (Å²) in [6.07, 6.45) is 1.11. The third kappa shape index (κ3) is 7.43. The summed E-state index contributed by atoms with van der Waals surface area (Å²) < 4.78 is 0. The number of hydrogen-bond donors (Lipinski definition) is 2. The molecule has 2 N–H and O–H groups in total. The summed E-state index contributed by atoms with van der Waals surface area (Å²) in [4.78, 5) is 39.1. The molecule has 0 aliphatic carbocycles. The molecular formula is C32H30N2O3S. The van der Waals surface area contributed by atoms with Gasteiger partial charge in [-0.05, 0) is 48.9 Å². The second kappa shape index (κ2) is 13.4. The van der Waals surface area contributed by atoms with Crippen LogP contribution in [0.1, 0.15) is 50.2 Å². The van der Waals surface area contributed by atoms with Crippen LogP contribution in [0.15, 0.2) is 103 Å². The smallest absolute Gasteiger partial charge is 0.257 e. The van der Waals surface area contributed by atoms with Gasteiger partial charge in [0.05, 0.1) is 16.9 Å². The summed E-state index contributed by atoms with van der Waals surface area (Å²) in [7, 11) is 0. The van der Waals surface area contributed by atoms with Crippen molar-refractivity contribution < 1.29 is 14.4 Å². The molecule has 0 unspecified atom stereocenters. The Morgan fingerprint density at radius 1 is 0.711 bits per heavy atom. The number of benzene rings is 4. The Labute approximate surface area is 227 Å². The lowest BCUT2D eigenvalue weighted by atomic mass is 9.99. The van der Waals surface area contributed by atoms with Gasteiger partial charge in [-0.2, -0.15) is 11.8 Å². The van der Waals surface area contributed by atoms with Gasteiger partial charge in [0.25, 0.3) is 5.91 Å². The van der Waals surface area contributed by atoms with Crippen molar-refractivity contribution in [1.29, 1.82) is 0 Å². The van der Waals surface area contributed by atoms with E-state index < -0.39 is 5.91 Å². The Morgan fingerprint density at radius 3 is 2.13 bits per heavy atom. The molecule has 5 nitrogen and oxygen atoms in total. The van der Waals surface area contributed by atoms with E-state index in [1.54, 1.807) is 60.3 Å². The molecular weight excluding hydrogens is 492 g/mol. The van der Waals surface area contributed by atoms with Crippen LogP contribution in [0.2, 0.25) is 0 Å². The van der Waals surface area contributed by atoms with E-state index in [1.165, 1.54) is 5.56 Å². The molecule has 0 fully saturated rings. The summed E-state index contributed by atoms with van der Waals surface area (Å²) in [6.45, 7) is 1.90. The van der Waals surface area contributed by atoms with Gasteiger partial charge >= 0.3 is 0 Å². The zero-order chi connectivity index (χ0) is 26.7. The second-order valence-electron chi connectivity index (χ2n) is 8.93. The monoisotopic (exact) mass is 522 g/mol. The molecule has 6 heteroatoms. The van der Waals surface area contributed by atoms with E-state index in [2.05, 4.69) is 22.8 Å². The SMILES string of the molecule is Cc1ccc(NC(=O)c2ccccc2NC(=O)CCCSCc2ccccc2)c(C(=O)c2ccccc2)c1. The molecule has 4 rings (SSSR count). The van der Waals surface area contributed by atoms with Gasteiger partial charge in [-0.1, -0.05) is 84.4 Å². The minimum atomic E-state index is -0.398. The number of nitrogens with one attached hydrogen (secondary N) is 2. The normalized spacial score (nSPS) is 10.6. The Bertz CT molecular complexity index is 1400. The summed E-state index contributed by atoms with van der Waals surface area (Å²) in [5.41, 5.74) is 4.34. The van der Waals surface area contributed by atoms with Crippen LogP contribution in [0.5, 0.6) is 0 Å². The second-order valence-corrected chi connectivity index (χ2v) is 10.0. The van der Waals surface area contributed by atoms with Crippen LogP contribution in [0.25, 0.3) is 0 Å². The number of hydrogen-bond acceptors (Lipinski definition) is 4. The molecule has 0 radical (unpaired) electrons. The maximum atomic E-state index is 13.3. The van der Waals surface area contributed by atoms with Crippen molar-refractivity contribution in [3.05, 3.63) is 131 Å². The first-order chi connectivity index (χ1) is 18.5. The van der Waals surface area contributed by atoms with Gasteiger partial charge in [0, 0.05) is 23.3 Å². The van der Waals surface area contributed by atoms with E-state index in [-0.39, 0.29) is 11.7 Å². The van der Waals surface area contributed by atoms with Gasteiger partial charge in [-0.25, -0.2) is 0 Å². The average molecular weight is 523 g/mol. The standard InChI is InChI=1S/C32H30N2O3S/c1-23-18-19-29(27(21-23)31(36)25-13-6-3-7-14-25)34-32(37)26-15-8-9-16-28(26)33-30(35)17-10-20-38-22-24-11-4-2-5-12-24/h2-9,11-16,18-19,21H,10,17,20,22H2,1H3,(H,33,35)(H,34,37). The Kier molecular flexibility index (Phi) is 9.48. The van der Waals surface area contributed by atoms with Crippen LogP contribution in [-0.4, -0.2) is 23.4 Å². The third-order valence-electron chi connectivity index (χ3n) is 5.95. The number of para-hydroxylation sites is 1. The summed E-state index contributed by atoms with van der Waals surface area (Å²) in [5, 5.41) is 5.76. The van der Waals surface area contributed by atoms with Gasteiger partial charge in [0.1, 0.15) is 0 Å². The molecule has 0 atom stereocenters. The fraction of sp³-hybridized carbons (Fsp3) is 0.156. The Hall–Kier alpha value is -4.16. The highest BCUT2D eigenvalue weighted by Crippen LogP contribution is 2.24. The minimum Gasteiger partial charge on any atom is -0.325 e. The van der Waals surface area contributed by atoms with Crippen molar-refractivity contribution in [2.24, 2.45) is 0 Å². The zero-order valence-electron chi connectivity index (χ0n) is 21.3. The van der Waals surface area contributed by atoms with Gasteiger partial charge in [0.15, 0.2) is 5.78 Å². The largest absolute Gasteiger partial charge is 0.325 e. The van der Waals surface area contributed by atoms with Crippen molar-refractivity contribution in [1.82, 2.24) is 0 Å². The molecule has 0 saturated carbocycles. The van der Waals surface area contributed by atoms with E-state index >= 15 is 0 Å². The topological polar surface area (TPSA) is 75.3 Å². The summed E-state index contributed by atoms with van der Waals surface area (Å²) >= 11 is 1.80. The molecule has 38 heavy (non-hydrogen) atoms. The highest BCUT2D eigenvalue weighted by molar-refractivity contribution is 7.98. The van der Waals surface area contributed by atoms with Crippen LogP contribution < -0.4 is 10.6 Å². The number of rotatable bonds is 11. The Balaban J connectivity index is 1.38. The van der Waals surface area contributed by atoms with Gasteiger partial charge < -0.3 is 10.6 Å². The molecule has 0 aliphatic heterocycles. The van der Waals surface area contributed by atoms with Crippen molar-refractivity contribution in [2.75, 3.05) is 16.4 Å². The van der Waals surface area contributed by atoms with E-state index in [0.29, 0.717) is 34.5 Å². The van der Waals surface area contributed by atoms with Crippen molar-refractivity contribution in [2.45, 2.75) is 25.5 Å². The third-order valence-corrected chi connectivity index (χ3v) is 7.07. The lowest BCUT2D eigenvalue weighted by molar-refractivity contribution is -0.116. The van der Waals surface area contributed by atoms with E-state index in [1.807, 2.05) is 49.4 Å². The number of ketones is 1. The molecule has 0 heterocycles. The van der Waals surface area contributed by atoms with Crippen LogP contribution in [0.3, 0.4) is 0 Å². The number of carbonyl (C=O) groups is 3.